The van der Waals surface area contributed by atoms with E-state index in [2.05, 4.69) is 0 Å². The maximum absolute atomic E-state index is 14.1. The van der Waals surface area contributed by atoms with E-state index in [9.17, 15) is 9.18 Å². The molecule has 0 atom stereocenters. The van der Waals surface area contributed by atoms with Crippen LogP contribution in [-0.2, 0) is 11.4 Å². The Kier molecular flexibility index (Phi) is 7.78. The number of nitrogens with zero attached hydrogens (tertiary/aromatic N) is 1. The highest BCUT2D eigenvalue weighted by atomic mass is 35.5. The number of carbonyl (C=O) groups is 1. The minimum atomic E-state index is -0.440. The fraction of sp³-hybridized carbons (Fsp3) is 0.120. The van der Waals surface area contributed by atoms with Crippen molar-refractivity contribution in [3.05, 3.63) is 92.6 Å². The van der Waals surface area contributed by atoms with Gasteiger partial charge in [-0.25, -0.2) is 4.39 Å². The Hall–Kier alpha value is -2.58. The fourth-order valence-corrected chi connectivity index (χ4v) is 4.90. The zero-order valence-electron chi connectivity index (χ0n) is 17.9. The first kappa shape index (κ1) is 24.5. The molecule has 0 spiro atoms. The number of carbonyl (C=O) groups excluding carboxylic acids is 1. The number of thioether (sulfide) groups is 1. The number of halogens is 3. The summed E-state index contributed by atoms with van der Waals surface area (Å²) in [6.45, 7) is 2.20. The van der Waals surface area contributed by atoms with Gasteiger partial charge in [-0.05, 0) is 67.1 Å². The number of ether oxygens (including phenoxy) is 2. The number of hydrogen-bond acceptors (Lipinski definition) is 5. The third-order valence-corrected chi connectivity index (χ3v) is 6.79. The first-order valence-electron chi connectivity index (χ1n) is 10.2. The predicted octanol–water partition coefficient (Wildman–Crippen LogP) is 7.52. The van der Waals surface area contributed by atoms with Gasteiger partial charge in [-0.2, -0.15) is 0 Å². The first-order valence-corrected chi connectivity index (χ1v) is 12.2. The van der Waals surface area contributed by atoms with Crippen molar-refractivity contribution < 1.29 is 18.7 Å². The van der Waals surface area contributed by atoms with Gasteiger partial charge in [0, 0.05) is 10.6 Å². The lowest BCUT2D eigenvalue weighted by atomic mass is 10.1. The normalized spacial score (nSPS) is 14.7. The number of rotatable bonds is 7. The van der Waals surface area contributed by atoms with Gasteiger partial charge in [0.15, 0.2) is 15.8 Å². The van der Waals surface area contributed by atoms with Crippen molar-refractivity contribution in [2.75, 3.05) is 11.5 Å². The summed E-state index contributed by atoms with van der Waals surface area (Å²) < 4.78 is 26.0. The molecule has 0 N–H and O–H groups in total. The topological polar surface area (TPSA) is 38.8 Å². The van der Waals surface area contributed by atoms with Crippen molar-refractivity contribution in [1.82, 2.24) is 0 Å². The molecular weight excluding hydrogens is 516 g/mol. The summed E-state index contributed by atoms with van der Waals surface area (Å²) in [6.07, 6.45) is 1.75. The minimum absolute atomic E-state index is 0.0509. The zero-order chi connectivity index (χ0) is 24.2. The molecule has 3 aromatic carbocycles. The molecule has 0 aromatic heterocycles. The molecule has 0 aliphatic carbocycles. The third-order valence-electron chi connectivity index (χ3n) is 4.88. The average Bonchev–Trinajstić information content (AvgIpc) is 3.08. The molecule has 3 aromatic rings. The molecule has 0 unspecified atom stereocenters. The SMILES string of the molecule is CCOc1cc(/C=C2/SC(=S)N(c3ccc(Cl)cc3)C2=O)ccc1OCc1c(F)cccc1Cl. The van der Waals surface area contributed by atoms with E-state index < -0.39 is 5.82 Å². The second-order valence-corrected chi connectivity index (χ2v) is 9.64. The molecule has 4 nitrogen and oxygen atoms in total. The summed E-state index contributed by atoms with van der Waals surface area (Å²) >= 11 is 18.7. The van der Waals surface area contributed by atoms with Crippen LogP contribution in [0.4, 0.5) is 10.1 Å². The zero-order valence-corrected chi connectivity index (χ0v) is 21.0. The molecule has 1 saturated heterocycles. The Labute approximate surface area is 216 Å². The number of hydrogen-bond donors (Lipinski definition) is 0. The smallest absolute Gasteiger partial charge is 0.270 e. The summed E-state index contributed by atoms with van der Waals surface area (Å²) in [5.41, 5.74) is 1.65. The maximum Gasteiger partial charge on any atom is 0.270 e. The summed E-state index contributed by atoms with van der Waals surface area (Å²) in [5, 5.41) is 0.866. The summed E-state index contributed by atoms with van der Waals surface area (Å²) in [6, 6.07) is 16.7. The Morgan fingerprint density at radius 1 is 1.06 bits per heavy atom. The van der Waals surface area contributed by atoms with E-state index in [0.717, 1.165) is 5.56 Å². The molecule has 9 heteroatoms. The van der Waals surface area contributed by atoms with Gasteiger partial charge in [-0.15, -0.1) is 0 Å². The van der Waals surface area contributed by atoms with Gasteiger partial charge in [-0.1, -0.05) is 59.3 Å². The van der Waals surface area contributed by atoms with Crippen LogP contribution < -0.4 is 14.4 Å². The van der Waals surface area contributed by atoms with E-state index in [0.29, 0.717) is 38.0 Å². The lowest BCUT2D eigenvalue weighted by Gasteiger charge is -2.14. The Bertz CT molecular complexity index is 1260. The van der Waals surface area contributed by atoms with E-state index >= 15 is 0 Å². The first-order chi connectivity index (χ1) is 16.4. The van der Waals surface area contributed by atoms with Gasteiger partial charge in [0.25, 0.3) is 5.91 Å². The Morgan fingerprint density at radius 3 is 2.53 bits per heavy atom. The number of amides is 1. The van der Waals surface area contributed by atoms with Crippen LogP contribution in [0.2, 0.25) is 10.0 Å². The molecule has 1 heterocycles. The van der Waals surface area contributed by atoms with Crippen LogP contribution in [-0.4, -0.2) is 16.8 Å². The van der Waals surface area contributed by atoms with Gasteiger partial charge < -0.3 is 9.47 Å². The van der Waals surface area contributed by atoms with Crippen LogP contribution in [0.15, 0.2) is 65.6 Å². The van der Waals surface area contributed by atoms with Gasteiger partial charge in [-0.3, -0.25) is 9.69 Å². The van der Waals surface area contributed by atoms with Crippen LogP contribution >= 0.6 is 47.2 Å². The van der Waals surface area contributed by atoms with Crippen molar-refractivity contribution in [2.45, 2.75) is 13.5 Å². The molecule has 0 bridgehead atoms. The van der Waals surface area contributed by atoms with Crippen molar-refractivity contribution in [3.8, 4) is 11.5 Å². The molecule has 1 aliphatic rings. The second-order valence-electron chi connectivity index (χ2n) is 7.12. The van der Waals surface area contributed by atoms with E-state index in [1.54, 1.807) is 54.6 Å². The largest absolute Gasteiger partial charge is 0.490 e. The van der Waals surface area contributed by atoms with Crippen LogP contribution in [0, 0.1) is 5.82 Å². The van der Waals surface area contributed by atoms with Gasteiger partial charge in [0.2, 0.25) is 0 Å². The quantitative estimate of drug-likeness (QED) is 0.232. The van der Waals surface area contributed by atoms with Gasteiger partial charge >= 0.3 is 0 Å². The Morgan fingerprint density at radius 2 is 1.82 bits per heavy atom. The van der Waals surface area contributed by atoms with Crippen molar-refractivity contribution in [2.24, 2.45) is 0 Å². The van der Waals surface area contributed by atoms with Gasteiger partial charge in [0.05, 0.1) is 22.2 Å². The summed E-state index contributed by atoms with van der Waals surface area (Å²) in [7, 11) is 0. The van der Waals surface area contributed by atoms with Crippen molar-refractivity contribution >= 4 is 69.2 Å². The monoisotopic (exact) mass is 533 g/mol. The molecule has 1 amide bonds. The maximum atomic E-state index is 14.1. The van der Waals surface area contributed by atoms with Crippen molar-refractivity contribution in [3.63, 3.8) is 0 Å². The van der Waals surface area contributed by atoms with E-state index in [1.807, 2.05) is 6.92 Å². The number of benzene rings is 3. The lowest BCUT2D eigenvalue weighted by molar-refractivity contribution is -0.113. The van der Waals surface area contributed by atoms with Crippen LogP contribution in [0.5, 0.6) is 11.5 Å². The van der Waals surface area contributed by atoms with Crippen LogP contribution in [0.25, 0.3) is 6.08 Å². The highest BCUT2D eigenvalue weighted by Crippen LogP contribution is 2.38. The molecule has 1 aliphatic heterocycles. The molecule has 1 fully saturated rings. The predicted molar refractivity (Wildman–Crippen MR) is 140 cm³/mol. The molecule has 0 radical (unpaired) electrons. The fourth-order valence-electron chi connectivity index (χ4n) is 3.25. The second kappa shape index (κ2) is 10.8. The standard InChI is InChI=1S/C25H18Cl2FNO3S2/c1-2-31-22-12-15(6-11-21(22)32-14-18-19(27)4-3-5-20(18)28)13-23-24(30)29(25(33)34-23)17-9-7-16(26)8-10-17/h3-13H,2,14H2,1H3/b23-13+. The number of anilines is 1. The van der Waals surface area contributed by atoms with Gasteiger partial charge in [0.1, 0.15) is 12.4 Å². The highest BCUT2D eigenvalue weighted by molar-refractivity contribution is 8.27. The average molecular weight is 534 g/mol. The minimum Gasteiger partial charge on any atom is -0.490 e. The van der Waals surface area contributed by atoms with E-state index in [-0.39, 0.29) is 23.1 Å². The molecular formula is C25H18Cl2FNO3S2. The Balaban J connectivity index is 1.56. The molecule has 174 valence electrons. The lowest BCUT2D eigenvalue weighted by Crippen LogP contribution is -2.27. The summed E-state index contributed by atoms with van der Waals surface area (Å²) in [4.78, 5) is 15.0. The highest BCUT2D eigenvalue weighted by Gasteiger charge is 2.33. The number of thiocarbonyl (C=S) groups is 1. The van der Waals surface area contributed by atoms with E-state index in [4.69, 9.17) is 44.9 Å². The van der Waals surface area contributed by atoms with Crippen molar-refractivity contribution in [1.29, 1.82) is 0 Å². The van der Waals surface area contributed by atoms with Crippen LogP contribution in [0.3, 0.4) is 0 Å². The summed E-state index contributed by atoms with van der Waals surface area (Å²) in [5.74, 6) is 0.249. The molecule has 4 rings (SSSR count). The third kappa shape index (κ3) is 5.39. The molecule has 34 heavy (non-hydrogen) atoms. The van der Waals surface area contributed by atoms with Crippen LogP contribution in [0.1, 0.15) is 18.1 Å². The molecule has 0 saturated carbocycles. The van der Waals surface area contributed by atoms with E-state index in [1.165, 1.54) is 28.8 Å².